The van der Waals surface area contributed by atoms with E-state index in [4.69, 9.17) is 23.4 Å². The van der Waals surface area contributed by atoms with Crippen molar-refractivity contribution in [2.45, 2.75) is 0 Å². The average molecular weight is 388 g/mol. The molecule has 1 heterocycles. The molecule has 0 radical (unpaired) electrons. The van der Waals surface area contributed by atoms with E-state index in [1.807, 2.05) is 42.5 Å². The van der Waals surface area contributed by atoms with Crippen molar-refractivity contribution in [2.75, 3.05) is 28.4 Å². The van der Waals surface area contributed by atoms with Crippen molar-refractivity contribution in [3.05, 3.63) is 48.5 Å². The largest absolute Gasteiger partial charge is 0.493 e. The van der Waals surface area contributed by atoms with Crippen molar-refractivity contribution in [1.29, 1.82) is 0 Å². The van der Waals surface area contributed by atoms with Crippen LogP contribution in [0.3, 0.4) is 0 Å². The van der Waals surface area contributed by atoms with Gasteiger partial charge in [0.15, 0.2) is 23.0 Å². The summed E-state index contributed by atoms with van der Waals surface area (Å²) in [7, 11) is 6.55. The Kier molecular flexibility index (Phi) is 3.91. The monoisotopic (exact) mass is 388 g/mol. The van der Waals surface area contributed by atoms with E-state index in [0.29, 0.717) is 23.0 Å². The zero-order valence-corrected chi connectivity index (χ0v) is 16.7. The highest BCUT2D eigenvalue weighted by Crippen LogP contribution is 2.46. The Hall–Kier alpha value is -3.60. The third-order valence-corrected chi connectivity index (χ3v) is 5.45. The molecule has 5 heteroatoms. The van der Waals surface area contributed by atoms with Gasteiger partial charge in [-0.15, -0.1) is 0 Å². The molecule has 0 atom stereocenters. The van der Waals surface area contributed by atoms with Crippen LogP contribution in [0, 0.1) is 0 Å². The van der Waals surface area contributed by atoms with Crippen LogP contribution in [-0.2, 0) is 0 Å². The van der Waals surface area contributed by atoms with Crippen molar-refractivity contribution >= 4 is 43.5 Å². The molecule has 0 saturated heterocycles. The molecule has 4 aromatic carbocycles. The van der Waals surface area contributed by atoms with E-state index in [1.54, 1.807) is 28.4 Å². The molecule has 1 aromatic heterocycles. The molecule has 0 N–H and O–H groups in total. The lowest BCUT2D eigenvalue weighted by atomic mass is 9.96. The lowest BCUT2D eigenvalue weighted by Crippen LogP contribution is -1.93. The van der Waals surface area contributed by atoms with Crippen molar-refractivity contribution in [1.82, 2.24) is 0 Å². The Bertz CT molecular complexity index is 1400. The predicted octanol–water partition coefficient (Wildman–Crippen LogP) is 5.93. The van der Waals surface area contributed by atoms with E-state index in [0.717, 1.165) is 43.5 Å². The van der Waals surface area contributed by atoms with Crippen LogP contribution in [0.25, 0.3) is 43.5 Å². The molecule has 0 unspecified atom stereocenters. The number of benzene rings is 4. The van der Waals surface area contributed by atoms with Gasteiger partial charge in [-0.05, 0) is 46.5 Å². The number of ether oxygens (including phenoxy) is 4. The molecule has 0 aliphatic heterocycles. The van der Waals surface area contributed by atoms with Crippen LogP contribution in [0.5, 0.6) is 23.0 Å². The Labute approximate surface area is 167 Å². The number of para-hydroxylation sites is 1. The number of rotatable bonds is 4. The SMILES string of the molecule is COc1cc2c3cc(OC)c(OC)cc3c3c4ccccc4oc3c2cc1OC. The molecule has 0 bridgehead atoms. The van der Waals surface area contributed by atoms with Crippen LogP contribution in [0.2, 0.25) is 0 Å². The van der Waals surface area contributed by atoms with Crippen LogP contribution in [0.4, 0.5) is 0 Å². The first-order valence-electron chi connectivity index (χ1n) is 9.24. The summed E-state index contributed by atoms with van der Waals surface area (Å²) in [6, 6.07) is 16.0. The molecule has 0 fully saturated rings. The molecule has 0 saturated carbocycles. The molecule has 5 rings (SSSR count). The van der Waals surface area contributed by atoms with Gasteiger partial charge < -0.3 is 23.4 Å². The number of hydrogen-bond donors (Lipinski definition) is 0. The highest BCUT2D eigenvalue weighted by atomic mass is 16.5. The van der Waals surface area contributed by atoms with E-state index >= 15 is 0 Å². The van der Waals surface area contributed by atoms with Gasteiger partial charge in [0, 0.05) is 16.2 Å². The predicted molar refractivity (Wildman–Crippen MR) is 115 cm³/mol. The first kappa shape index (κ1) is 17.5. The summed E-state index contributed by atoms with van der Waals surface area (Å²) in [5.74, 6) is 2.66. The zero-order valence-electron chi connectivity index (χ0n) is 16.7. The maximum absolute atomic E-state index is 6.31. The van der Waals surface area contributed by atoms with Gasteiger partial charge >= 0.3 is 0 Å². The number of hydrogen-bond acceptors (Lipinski definition) is 5. The smallest absolute Gasteiger partial charge is 0.161 e. The highest BCUT2D eigenvalue weighted by molar-refractivity contribution is 6.30. The van der Waals surface area contributed by atoms with Crippen LogP contribution in [0.15, 0.2) is 52.9 Å². The first-order valence-corrected chi connectivity index (χ1v) is 9.24. The highest BCUT2D eigenvalue weighted by Gasteiger charge is 2.20. The Morgan fingerprint density at radius 2 is 1.03 bits per heavy atom. The molecule has 5 nitrogen and oxygen atoms in total. The van der Waals surface area contributed by atoms with Gasteiger partial charge in [-0.25, -0.2) is 0 Å². The summed E-state index contributed by atoms with van der Waals surface area (Å²) < 4.78 is 28.6. The lowest BCUT2D eigenvalue weighted by Gasteiger charge is -2.14. The minimum Gasteiger partial charge on any atom is -0.493 e. The summed E-state index contributed by atoms with van der Waals surface area (Å²) in [4.78, 5) is 0. The lowest BCUT2D eigenvalue weighted by molar-refractivity contribution is 0.355. The Balaban J connectivity index is 2.10. The van der Waals surface area contributed by atoms with Gasteiger partial charge in [-0.1, -0.05) is 18.2 Å². The maximum atomic E-state index is 6.31. The van der Waals surface area contributed by atoms with Crippen molar-refractivity contribution in [3.8, 4) is 23.0 Å². The molecule has 29 heavy (non-hydrogen) atoms. The Morgan fingerprint density at radius 3 is 1.62 bits per heavy atom. The van der Waals surface area contributed by atoms with E-state index in [-0.39, 0.29) is 0 Å². The van der Waals surface area contributed by atoms with Crippen LogP contribution >= 0.6 is 0 Å². The fraction of sp³-hybridized carbons (Fsp3) is 0.167. The quantitative estimate of drug-likeness (QED) is 0.357. The van der Waals surface area contributed by atoms with Crippen LogP contribution in [-0.4, -0.2) is 28.4 Å². The molecular formula is C24H20O5. The number of furan rings is 1. The zero-order chi connectivity index (χ0) is 20.1. The molecule has 0 spiro atoms. The minimum atomic E-state index is 0.654. The normalized spacial score (nSPS) is 11.4. The van der Waals surface area contributed by atoms with Crippen molar-refractivity contribution in [2.24, 2.45) is 0 Å². The molecule has 5 aromatic rings. The van der Waals surface area contributed by atoms with E-state index in [2.05, 4.69) is 6.07 Å². The van der Waals surface area contributed by atoms with Gasteiger partial charge in [0.1, 0.15) is 11.2 Å². The molecule has 0 aliphatic carbocycles. The average Bonchev–Trinajstić information content (AvgIpc) is 3.17. The van der Waals surface area contributed by atoms with Crippen molar-refractivity contribution < 1.29 is 23.4 Å². The summed E-state index contributed by atoms with van der Waals surface area (Å²) in [6.07, 6.45) is 0. The van der Waals surface area contributed by atoms with Crippen molar-refractivity contribution in [3.63, 3.8) is 0 Å². The summed E-state index contributed by atoms with van der Waals surface area (Å²) in [5.41, 5.74) is 1.64. The third kappa shape index (κ3) is 2.40. The van der Waals surface area contributed by atoms with Gasteiger partial charge in [0.2, 0.25) is 0 Å². The number of fused-ring (bicyclic) bond motifs is 8. The third-order valence-electron chi connectivity index (χ3n) is 5.45. The summed E-state index contributed by atoms with van der Waals surface area (Å²) in [6.45, 7) is 0. The number of methoxy groups -OCH3 is 4. The standard InChI is InChI=1S/C24H20O5/c1-25-19-9-14-15-10-20(26-2)22(28-4)12-17(15)24-23(16(14)11-21(19)27-3)13-7-5-6-8-18(13)29-24/h5-12H,1-4H3. The fourth-order valence-electron chi connectivity index (χ4n) is 4.10. The second-order valence-electron chi connectivity index (χ2n) is 6.81. The van der Waals surface area contributed by atoms with E-state index in [9.17, 15) is 0 Å². The second kappa shape index (κ2) is 6.48. The van der Waals surface area contributed by atoms with Crippen LogP contribution < -0.4 is 18.9 Å². The van der Waals surface area contributed by atoms with E-state index < -0.39 is 0 Å². The van der Waals surface area contributed by atoms with Gasteiger partial charge in [-0.3, -0.25) is 0 Å². The van der Waals surface area contributed by atoms with Crippen LogP contribution in [0.1, 0.15) is 0 Å². The maximum Gasteiger partial charge on any atom is 0.161 e. The van der Waals surface area contributed by atoms with Gasteiger partial charge in [0.05, 0.1) is 28.4 Å². The van der Waals surface area contributed by atoms with Gasteiger partial charge in [0.25, 0.3) is 0 Å². The molecule has 146 valence electrons. The second-order valence-corrected chi connectivity index (χ2v) is 6.81. The minimum absolute atomic E-state index is 0.654. The molecule has 0 aliphatic rings. The first-order chi connectivity index (χ1) is 14.2. The molecular weight excluding hydrogens is 368 g/mol. The molecule has 0 amide bonds. The fourth-order valence-corrected chi connectivity index (χ4v) is 4.10. The summed E-state index contributed by atoms with van der Waals surface area (Å²) in [5, 5.41) is 6.09. The summed E-state index contributed by atoms with van der Waals surface area (Å²) >= 11 is 0. The van der Waals surface area contributed by atoms with Gasteiger partial charge in [-0.2, -0.15) is 0 Å². The Morgan fingerprint density at radius 1 is 0.552 bits per heavy atom. The van der Waals surface area contributed by atoms with E-state index in [1.165, 1.54) is 0 Å². The topological polar surface area (TPSA) is 50.1 Å².